The first-order chi connectivity index (χ1) is 8.79. The number of hydrogen-bond acceptors (Lipinski definition) is 3. The molecule has 0 bridgehead atoms. The van der Waals surface area contributed by atoms with Crippen LogP contribution in [0.15, 0.2) is 42.6 Å². The molecule has 0 atom stereocenters. The van der Waals surface area contributed by atoms with Crippen molar-refractivity contribution in [1.29, 1.82) is 0 Å². The van der Waals surface area contributed by atoms with Crippen molar-refractivity contribution in [3.63, 3.8) is 0 Å². The fourth-order valence-electron chi connectivity index (χ4n) is 1.70. The molecule has 0 fully saturated rings. The summed E-state index contributed by atoms with van der Waals surface area (Å²) < 4.78 is 17.8. The van der Waals surface area contributed by atoms with Crippen molar-refractivity contribution >= 4 is 5.69 Å². The van der Waals surface area contributed by atoms with Crippen LogP contribution in [0.4, 0.5) is 10.1 Å². The zero-order chi connectivity index (χ0) is 12.8. The van der Waals surface area contributed by atoms with Gasteiger partial charge in [-0.05, 0) is 23.3 Å². The highest BCUT2D eigenvalue weighted by Crippen LogP contribution is 2.13. The molecule has 0 spiro atoms. The molecule has 0 amide bonds. The number of pyridine rings is 1. The van der Waals surface area contributed by atoms with Crippen molar-refractivity contribution in [2.24, 2.45) is 0 Å². The SMILES string of the molecule is COCc1ccccc1CNc1ccc(F)nc1. The molecule has 1 aromatic carbocycles. The Labute approximate surface area is 106 Å². The monoisotopic (exact) mass is 246 g/mol. The minimum absolute atomic E-state index is 0.472. The summed E-state index contributed by atoms with van der Waals surface area (Å²) in [7, 11) is 1.67. The quantitative estimate of drug-likeness (QED) is 0.823. The topological polar surface area (TPSA) is 34.1 Å². The van der Waals surface area contributed by atoms with Crippen LogP contribution in [-0.4, -0.2) is 12.1 Å². The summed E-state index contributed by atoms with van der Waals surface area (Å²) in [6.07, 6.45) is 1.48. The molecule has 2 rings (SSSR count). The predicted molar refractivity (Wildman–Crippen MR) is 68.7 cm³/mol. The molecule has 0 saturated heterocycles. The van der Waals surface area contributed by atoms with Crippen molar-refractivity contribution in [1.82, 2.24) is 4.98 Å². The van der Waals surface area contributed by atoms with Crippen LogP contribution in [-0.2, 0) is 17.9 Å². The van der Waals surface area contributed by atoms with Crippen molar-refractivity contribution in [3.05, 3.63) is 59.7 Å². The van der Waals surface area contributed by atoms with Gasteiger partial charge in [0.25, 0.3) is 0 Å². The molecule has 1 aromatic heterocycles. The van der Waals surface area contributed by atoms with Crippen molar-refractivity contribution in [2.45, 2.75) is 13.2 Å². The summed E-state index contributed by atoms with van der Waals surface area (Å²) in [5, 5.41) is 3.20. The minimum Gasteiger partial charge on any atom is -0.380 e. The predicted octanol–water partition coefficient (Wildman–Crippen LogP) is 2.98. The largest absolute Gasteiger partial charge is 0.380 e. The Morgan fingerprint density at radius 3 is 2.61 bits per heavy atom. The van der Waals surface area contributed by atoms with Gasteiger partial charge in [0.15, 0.2) is 0 Å². The zero-order valence-corrected chi connectivity index (χ0v) is 10.2. The maximum atomic E-state index is 12.7. The van der Waals surface area contributed by atoms with E-state index in [0.29, 0.717) is 13.2 Å². The number of halogens is 1. The van der Waals surface area contributed by atoms with E-state index < -0.39 is 5.95 Å². The van der Waals surface area contributed by atoms with Crippen LogP contribution in [0, 0.1) is 5.95 Å². The Morgan fingerprint density at radius 1 is 1.17 bits per heavy atom. The Balaban J connectivity index is 2.03. The van der Waals surface area contributed by atoms with Crippen LogP contribution in [0.3, 0.4) is 0 Å². The van der Waals surface area contributed by atoms with E-state index >= 15 is 0 Å². The minimum atomic E-state index is -0.472. The molecule has 1 heterocycles. The van der Waals surface area contributed by atoms with Gasteiger partial charge in [0.1, 0.15) is 0 Å². The normalized spacial score (nSPS) is 10.3. The van der Waals surface area contributed by atoms with Crippen LogP contribution >= 0.6 is 0 Å². The molecule has 0 unspecified atom stereocenters. The summed E-state index contributed by atoms with van der Waals surface area (Å²) in [4.78, 5) is 3.60. The molecule has 0 radical (unpaired) electrons. The second-order valence-electron chi connectivity index (χ2n) is 3.92. The molecule has 1 N–H and O–H groups in total. The third-order valence-corrected chi connectivity index (χ3v) is 2.63. The summed E-state index contributed by atoms with van der Waals surface area (Å²) in [5.74, 6) is -0.472. The first kappa shape index (κ1) is 12.5. The van der Waals surface area contributed by atoms with Crippen LogP contribution in [0.5, 0.6) is 0 Å². The molecule has 4 heteroatoms. The van der Waals surface area contributed by atoms with Crippen LogP contribution in [0.2, 0.25) is 0 Å². The van der Waals surface area contributed by atoms with Gasteiger partial charge in [-0.15, -0.1) is 0 Å². The molecule has 0 aliphatic carbocycles. The highest BCUT2D eigenvalue weighted by molar-refractivity contribution is 5.41. The van der Waals surface area contributed by atoms with Gasteiger partial charge in [0, 0.05) is 13.7 Å². The standard InChI is InChI=1S/C14H15FN2O/c1-18-10-12-5-3-2-4-11(12)8-16-13-6-7-14(15)17-9-13/h2-7,9,16H,8,10H2,1H3. The number of aromatic nitrogens is 1. The van der Waals surface area contributed by atoms with Gasteiger partial charge in [-0.1, -0.05) is 24.3 Å². The molecule has 0 saturated carbocycles. The summed E-state index contributed by atoms with van der Waals surface area (Å²) >= 11 is 0. The van der Waals surface area contributed by atoms with E-state index in [-0.39, 0.29) is 0 Å². The maximum Gasteiger partial charge on any atom is 0.212 e. The Kier molecular flexibility index (Phi) is 4.25. The van der Waals surface area contributed by atoms with E-state index in [1.165, 1.54) is 12.3 Å². The summed E-state index contributed by atoms with van der Waals surface area (Å²) in [6.45, 7) is 1.24. The number of hydrogen-bond donors (Lipinski definition) is 1. The molecular formula is C14H15FN2O. The molecule has 0 aliphatic rings. The van der Waals surface area contributed by atoms with Gasteiger partial charge in [-0.2, -0.15) is 4.39 Å². The smallest absolute Gasteiger partial charge is 0.212 e. The number of benzene rings is 1. The molecule has 2 aromatic rings. The van der Waals surface area contributed by atoms with E-state index in [1.54, 1.807) is 13.2 Å². The number of methoxy groups -OCH3 is 1. The third-order valence-electron chi connectivity index (χ3n) is 2.63. The average molecular weight is 246 g/mol. The van der Waals surface area contributed by atoms with Crippen molar-refractivity contribution in [3.8, 4) is 0 Å². The fourth-order valence-corrected chi connectivity index (χ4v) is 1.70. The van der Waals surface area contributed by atoms with E-state index in [1.807, 2.05) is 24.3 Å². The second kappa shape index (κ2) is 6.12. The van der Waals surface area contributed by atoms with Crippen LogP contribution in [0.25, 0.3) is 0 Å². The van der Waals surface area contributed by atoms with Gasteiger partial charge < -0.3 is 10.1 Å². The number of nitrogens with one attached hydrogen (secondary N) is 1. The molecule has 18 heavy (non-hydrogen) atoms. The summed E-state index contributed by atoms with van der Waals surface area (Å²) in [6, 6.07) is 11.0. The van der Waals surface area contributed by atoms with Gasteiger partial charge in [-0.3, -0.25) is 0 Å². The lowest BCUT2D eigenvalue weighted by molar-refractivity contribution is 0.184. The van der Waals surface area contributed by atoms with E-state index in [4.69, 9.17) is 4.74 Å². The fraction of sp³-hybridized carbons (Fsp3) is 0.214. The zero-order valence-electron chi connectivity index (χ0n) is 10.2. The third kappa shape index (κ3) is 3.28. The lowest BCUT2D eigenvalue weighted by Gasteiger charge is -2.10. The average Bonchev–Trinajstić information content (AvgIpc) is 2.40. The number of nitrogens with zero attached hydrogens (tertiary/aromatic N) is 1. The second-order valence-corrected chi connectivity index (χ2v) is 3.92. The number of ether oxygens (including phenoxy) is 1. The van der Waals surface area contributed by atoms with Gasteiger partial charge in [0.2, 0.25) is 5.95 Å². The van der Waals surface area contributed by atoms with E-state index in [2.05, 4.69) is 10.3 Å². The number of anilines is 1. The van der Waals surface area contributed by atoms with E-state index in [0.717, 1.165) is 16.8 Å². The number of rotatable bonds is 5. The molecular weight excluding hydrogens is 231 g/mol. The van der Waals surface area contributed by atoms with Crippen LogP contribution in [0.1, 0.15) is 11.1 Å². The van der Waals surface area contributed by atoms with Gasteiger partial charge >= 0.3 is 0 Å². The first-order valence-electron chi connectivity index (χ1n) is 5.71. The van der Waals surface area contributed by atoms with Crippen molar-refractivity contribution in [2.75, 3.05) is 12.4 Å². The van der Waals surface area contributed by atoms with Crippen LogP contribution < -0.4 is 5.32 Å². The maximum absolute atomic E-state index is 12.7. The Hall–Kier alpha value is -1.94. The highest BCUT2D eigenvalue weighted by atomic mass is 19.1. The lowest BCUT2D eigenvalue weighted by atomic mass is 10.1. The van der Waals surface area contributed by atoms with E-state index in [9.17, 15) is 4.39 Å². The van der Waals surface area contributed by atoms with Crippen molar-refractivity contribution < 1.29 is 9.13 Å². The lowest BCUT2D eigenvalue weighted by Crippen LogP contribution is -2.04. The molecule has 3 nitrogen and oxygen atoms in total. The van der Waals surface area contributed by atoms with Gasteiger partial charge in [-0.25, -0.2) is 4.98 Å². The van der Waals surface area contributed by atoms with Gasteiger partial charge in [0.05, 0.1) is 18.5 Å². The molecule has 94 valence electrons. The Bertz CT molecular complexity index is 499. The first-order valence-corrected chi connectivity index (χ1v) is 5.71. The summed E-state index contributed by atoms with van der Waals surface area (Å²) in [5.41, 5.74) is 3.09. The Morgan fingerprint density at radius 2 is 1.94 bits per heavy atom. The highest BCUT2D eigenvalue weighted by Gasteiger charge is 2.01. The molecule has 0 aliphatic heterocycles.